The van der Waals surface area contributed by atoms with E-state index in [9.17, 15) is 14.7 Å². The van der Waals surface area contributed by atoms with Crippen molar-refractivity contribution < 1.29 is 24.2 Å². The van der Waals surface area contributed by atoms with Gasteiger partial charge in [-0.2, -0.15) is 5.26 Å². The topological polar surface area (TPSA) is 109 Å². The highest BCUT2D eigenvalue weighted by molar-refractivity contribution is 6.30. The summed E-state index contributed by atoms with van der Waals surface area (Å²) in [6, 6.07) is 28.2. The number of nitrogens with one attached hydrogen (secondary N) is 1. The number of nitriles is 1. The SMILES string of the molecule is N#Cc1ccc2c(c1)C(C(=O)O)CC(Oc1ccc(C(=O)Nc3ccc(-c4ccc(Cl)cc4)cc3)cc1)O2. The van der Waals surface area contributed by atoms with Crippen LogP contribution in [0, 0.1) is 11.3 Å². The van der Waals surface area contributed by atoms with Crippen LogP contribution in [0.1, 0.15) is 33.8 Å². The van der Waals surface area contributed by atoms with Gasteiger partial charge in [-0.25, -0.2) is 0 Å². The van der Waals surface area contributed by atoms with Gasteiger partial charge in [0.25, 0.3) is 5.91 Å². The Labute approximate surface area is 223 Å². The Bertz CT molecular complexity index is 1530. The summed E-state index contributed by atoms with van der Waals surface area (Å²) in [5.74, 6) is -1.37. The van der Waals surface area contributed by atoms with E-state index in [-0.39, 0.29) is 12.3 Å². The number of aliphatic carboxylic acids is 1. The molecule has 4 aromatic carbocycles. The fourth-order valence-electron chi connectivity index (χ4n) is 4.24. The van der Waals surface area contributed by atoms with Gasteiger partial charge in [0.05, 0.1) is 17.6 Å². The zero-order valence-electron chi connectivity index (χ0n) is 19.9. The zero-order valence-corrected chi connectivity index (χ0v) is 20.7. The Kier molecular flexibility index (Phi) is 6.98. The second kappa shape index (κ2) is 10.7. The maximum atomic E-state index is 12.7. The monoisotopic (exact) mass is 524 g/mol. The fraction of sp³-hybridized carbons (Fsp3) is 0.100. The average Bonchev–Trinajstić information content (AvgIpc) is 2.93. The normalized spacial score (nSPS) is 15.9. The number of rotatable bonds is 6. The third-order valence-corrected chi connectivity index (χ3v) is 6.46. The number of ether oxygens (including phenoxy) is 2. The summed E-state index contributed by atoms with van der Waals surface area (Å²) in [5.41, 5.74) is 3.93. The van der Waals surface area contributed by atoms with Crippen LogP contribution in [0.25, 0.3) is 11.1 Å². The summed E-state index contributed by atoms with van der Waals surface area (Å²) >= 11 is 5.95. The van der Waals surface area contributed by atoms with Crippen LogP contribution in [0.4, 0.5) is 5.69 Å². The second-order valence-corrected chi connectivity index (χ2v) is 9.16. The number of carboxylic acid groups (broad SMARTS) is 1. The molecule has 4 aromatic rings. The first-order valence-electron chi connectivity index (χ1n) is 11.8. The van der Waals surface area contributed by atoms with E-state index in [0.29, 0.717) is 38.9 Å². The van der Waals surface area contributed by atoms with Crippen LogP contribution >= 0.6 is 11.6 Å². The van der Waals surface area contributed by atoms with Gasteiger partial charge in [0.15, 0.2) is 0 Å². The summed E-state index contributed by atoms with van der Waals surface area (Å²) in [4.78, 5) is 24.6. The number of carbonyl (C=O) groups excluding carboxylic acids is 1. The molecule has 0 spiro atoms. The zero-order chi connectivity index (χ0) is 26.6. The lowest BCUT2D eigenvalue weighted by Gasteiger charge is -2.30. The summed E-state index contributed by atoms with van der Waals surface area (Å²) < 4.78 is 11.7. The molecule has 38 heavy (non-hydrogen) atoms. The number of carbonyl (C=O) groups is 2. The molecule has 1 aliphatic rings. The molecule has 0 saturated carbocycles. The maximum Gasteiger partial charge on any atom is 0.311 e. The van der Waals surface area contributed by atoms with Gasteiger partial charge in [0.1, 0.15) is 11.5 Å². The van der Waals surface area contributed by atoms with E-state index < -0.39 is 18.2 Å². The van der Waals surface area contributed by atoms with E-state index >= 15 is 0 Å². The van der Waals surface area contributed by atoms with E-state index in [0.717, 1.165) is 11.1 Å². The first-order chi connectivity index (χ1) is 18.4. The van der Waals surface area contributed by atoms with Crippen molar-refractivity contribution in [2.45, 2.75) is 18.6 Å². The molecule has 0 bridgehead atoms. The number of hydrogen-bond acceptors (Lipinski definition) is 5. The van der Waals surface area contributed by atoms with Gasteiger partial charge in [-0.3, -0.25) is 9.59 Å². The first kappa shape index (κ1) is 24.9. The molecule has 1 amide bonds. The van der Waals surface area contributed by atoms with Gasteiger partial charge >= 0.3 is 5.97 Å². The Morgan fingerprint density at radius 2 is 1.61 bits per heavy atom. The molecule has 0 radical (unpaired) electrons. The summed E-state index contributed by atoms with van der Waals surface area (Å²) in [6.07, 6.45) is -0.763. The van der Waals surface area contributed by atoms with Crippen LogP contribution in [0.15, 0.2) is 91.0 Å². The molecule has 0 saturated heterocycles. The van der Waals surface area contributed by atoms with Crippen LogP contribution in [-0.2, 0) is 4.79 Å². The molecule has 0 aromatic heterocycles. The van der Waals surface area contributed by atoms with Gasteiger partial charge in [0, 0.05) is 28.3 Å². The molecule has 0 aliphatic carbocycles. The van der Waals surface area contributed by atoms with Crippen LogP contribution in [-0.4, -0.2) is 23.3 Å². The summed E-state index contributed by atoms with van der Waals surface area (Å²) in [6.45, 7) is 0. The third-order valence-electron chi connectivity index (χ3n) is 6.20. The molecular weight excluding hydrogens is 504 g/mol. The largest absolute Gasteiger partial charge is 0.481 e. The van der Waals surface area contributed by atoms with Crippen molar-refractivity contribution in [3.05, 3.63) is 113 Å². The van der Waals surface area contributed by atoms with E-state index in [4.69, 9.17) is 26.3 Å². The van der Waals surface area contributed by atoms with Gasteiger partial charge < -0.3 is 19.9 Å². The quantitative estimate of drug-likeness (QED) is 0.298. The summed E-state index contributed by atoms with van der Waals surface area (Å²) in [7, 11) is 0. The standard InChI is InChI=1S/C30H21ClN2O5/c31-22-8-2-19(3-9-22)20-4-10-23(11-5-20)33-29(34)21-6-12-24(13-7-21)37-28-16-26(30(35)36)25-15-18(17-32)1-14-27(25)38-28/h1-15,26,28H,16H2,(H,33,34)(H,35,36). The van der Waals surface area contributed by atoms with Crippen LogP contribution in [0.5, 0.6) is 11.5 Å². The maximum absolute atomic E-state index is 12.7. The first-order valence-corrected chi connectivity index (χ1v) is 12.1. The number of fused-ring (bicyclic) bond motifs is 1. The number of nitrogens with zero attached hydrogens (tertiary/aromatic N) is 1. The molecule has 2 N–H and O–H groups in total. The minimum Gasteiger partial charge on any atom is -0.481 e. The van der Waals surface area contributed by atoms with Crippen molar-refractivity contribution in [3.8, 4) is 28.7 Å². The van der Waals surface area contributed by atoms with Gasteiger partial charge in [-0.05, 0) is 77.9 Å². The Hall–Kier alpha value is -4.80. The number of anilines is 1. The number of halogens is 1. The molecule has 2 atom stereocenters. The smallest absolute Gasteiger partial charge is 0.311 e. The highest BCUT2D eigenvalue weighted by atomic mass is 35.5. The van der Waals surface area contributed by atoms with Gasteiger partial charge in [-0.1, -0.05) is 35.9 Å². The number of amides is 1. The molecule has 1 aliphatic heterocycles. The van der Waals surface area contributed by atoms with Crippen LogP contribution in [0.3, 0.4) is 0 Å². The highest BCUT2D eigenvalue weighted by Gasteiger charge is 2.34. The number of carboxylic acids is 1. The Balaban J connectivity index is 1.22. The minimum atomic E-state index is -1.02. The van der Waals surface area contributed by atoms with E-state index in [1.54, 1.807) is 36.4 Å². The molecule has 7 nitrogen and oxygen atoms in total. The molecule has 0 fully saturated rings. The van der Waals surface area contributed by atoms with Gasteiger partial charge in [-0.15, -0.1) is 0 Å². The predicted octanol–water partition coefficient (Wildman–Crippen LogP) is 6.49. The van der Waals surface area contributed by atoms with Crippen molar-refractivity contribution in [1.82, 2.24) is 0 Å². The molecule has 8 heteroatoms. The summed E-state index contributed by atoms with van der Waals surface area (Å²) in [5, 5.41) is 22.4. The number of hydrogen-bond donors (Lipinski definition) is 2. The van der Waals surface area contributed by atoms with Crippen molar-refractivity contribution in [2.24, 2.45) is 0 Å². The van der Waals surface area contributed by atoms with Crippen molar-refractivity contribution >= 4 is 29.2 Å². The molecule has 5 rings (SSSR count). The lowest BCUT2D eigenvalue weighted by Crippen LogP contribution is -2.33. The average molecular weight is 525 g/mol. The van der Waals surface area contributed by atoms with Crippen molar-refractivity contribution in [3.63, 3.8) is 0 Å². The number of benzene rings is 4. The second-order valence-electron chi connectivity index (χ2n) is 8.72. The Morgan fingerprint density at radius 3 is 2.24 bits per heavy atom. The molecule has 2 unspecified atom stereocenters. The van der Waals surface area contributed by atoms with Crippen LogP contribution < -0.4 is 14.8 Å². The Morgan fingerprint density at radius 1 is 0.947 bits per heavy atom. The lowest BCUT2D eigenvalue weighted by atomic mass is 9.91. The molecule has 1 heterocycles. The predicted molar refractivity (Wildman–Crippen MR) is 142 cm³/mol. The van der Waals surface area contributed by atoms with E-state index in [1.165, 1.54) is 6.07 Å². The molecular formula is C30H21ClN2O5. The highest BCUT2D eigenvalue weighted by Crippen LogP contribution is 2.38. The van der Waals surface area contributed by atoms with Crippen molar-refractivity contribution in [2.75, 3.05) is 5.32 Å². The van der Waals surface area contributed by atoms with Crippen LogP contribution in [0.2, 0.25) is 5.02 Å². The van der Waals surface area contributed by atoms with Gasteiger partial charge in [0.2, 0.25) is 6.29 Å². The third kappa shape index (κ3) is 5.46. The van der Waals surface area contributed by atoms with Crippen molar-refractivity contribution in [1.29, 1.82) is 5.26 Å². The molecule has 188 valence electrons. The minimum absolute atomic E-state index is 0.0749. The van der Waals surface area contributed by atoms with E-state index in [2.05, 4.69) is 5.32 Å². The fourth-order valence-corrected chi connectivity index (χ4v) is 4.37. The lowest BCUT2D eigenvalue weighted by molar-refractivity contribution is -0.141. The van der Waals surface area contributed by atoms with E-state index in [1.807, 2.05) is 54.6 Å².